The molecule has 0 aliphatic rings. The summed E-state index contributed by atoms with van der Waals surface area (Å²) >= 11 is 11.9. The number of halogens is 2. The van der Waals surface area contributed by atoms with Crippen molar-refractivity contribution in [3.63, 3.8) is 0 Å². The summed E-state index contributed by atoms with van der Waals surface area (Å²) in [4.78, 5) is 1.85. The summed E-state index contributed by atoms with van der Waals surface area (Å²) in [5, 5.41) is 9.62. The van der Waals surface area contributed by atoms with Gasteiger partial charge in [-0.3, -0.25) is 4.90 Å². The van der Waals surface area contributed by atoms with E-state index in [0.717, 1.165) is 5.56 Å². The van der Waals surface area contributed by atoms with Crippen LogP contribution < -0.4 is 4.74 Å². The summed E-state index contributed by atoms with van der Waals surface area (Å²) in [6, 6.07) is 5.50. The largest absolute Gasteiger partial charge is 0.495 e. The van der Waals surface area contributed by atoms with Gasteiger partial charge in [-0.05, 0) is 19.2 Å². The Balaban J connectivity index is 2.98. The SMILES string of the molecule is COc1c(Cl)cc(Cl)cc1CN(C)CC#N. The number of ether oxygens (including phenoxy) is 1. The molecule has 0 radical (unpaired) electrons. The highest BCUT2D eigenvalue weighted by Crippen LogP contribution is 2.32. The van der Waals surface area contributed by atoms with E-state index in [2.05, 4.69) is 6.07 Å². The van der Waals surface area contributed by atoms with Crippen LogP contribution in [-0.4, -0.2) is 25.6 Å². The number of methoxy groups -OCH3 is 1. The minimum Gasteiger partial charge on any atom is -0.495 e. The van der Waals surface area contributed by atoms with Crippen molar-refractivity contribution in [1.29, 1.82) is 5.26 Å². The lowest BCUT2D eigenvalue weighted by Crippen LogP contribution is -2.18. The number of benzene rings is 1. The third-order valence-corrected chi connectivity index (χ3v) is 2.57. The maximum absolute atomic E-state index is 8.58. The van der Waals surface area contributed by atoms with Gasteiger partial charge in [0.15, 0.2) is 0 Å². The quantitative estimate of drug-likeness (QED) is 0.780. The highest BCUT2D eigenvalue weighted by molar-refractivity contribution is 6.35. The zero-order valence-corrected chi connectivity index (χ0v) is 10.6. The van der Waals surface area contributed by atoms with Crippen LogP contribution in [0.1, 0.15) is 5.56 Å². The van der Waals surface area contributed by atoms with Crippen LogP contribution in [0.25, 0.3) is 0 Å². The van der Waals surface area contributed by atoms with Crippen LogP contribution in [0.5, 0.6) is 5.75 Å². The van der Waals surface area contributed by atoms with Gasteiger partial charge >= 0.3 is 0 Å². The summed E-state index contributed by atoms with van der Waals surface area (Å²) in [5.41, 5.74) is 0.873. The second kappa shape index (κ2) is 5.95. The standard InChI is InChI=1S/C11H12Cl2N2O/c1-15(4-3-14)7-8-5-9(12)6-10(13)11(8)16-2/h5-6H,4,7H2,1-2H3. The first kappa shape index (κ1) is 13.1. The molecule has 86 valence electrons. The lowest BCUT2D eigenvalue weighted by Gasteiger charge is -2.16. The molecule has 0 spiro atoms. The smallest absolute Gasteiger partial charge is 0.142 e. The second-order valence-electron chi connectivity index (χ2n) is 3.41. The summed E-state index contributed by atoms with van der Waals surface area (Å²) in [5.74, 6) is 0.607. The molecular formula is C11H12Cl2N2O. The summed E-state index contributed by atoms with van der Waals surface area (Å²) in [6.45, 7) is 0.907. The maximum Gasteiger partial charge on any atom is 0.142 e. The van der Waals surface area contributed by atoms with E-state index in [-0.39, 0.29) is 0 Å². The number of nitriles is 1. The summed E-state index contributed by atoms with van der Waals surface area (Å²) in [7, 11) is 3.40. The van der Waals surface area contributed by atoms with Crippen molar-refractivity contribution in [3.05, 3.63) is 27.7 Å². The first-order valence-electron chi connectivity index (χ1n) is 4.66. The third-order valence-electron chi connectivity index (χ3n) is 2.07. The Kier molecular flexibility index (Phi) is 4.88. The molecule has 3 nitrogen and oxygen atoms in total. The van der Waals surface area contributed by atoms with Gasteiger partial charge in [0.05, 0.1) is 24.7 Å². The van der Waals surface area contributed by atoms with Gasteiger partial charge in [-0.1, -0.05) is 23.2 Å². The molecule has 0 amide bonds. The van der Waals surface area contributed by atoms with Crippen molar-refractivity contribution < 1.29 is 4.74 Å². The molecule has 1 aromatic carbocycles. The molecule has 1 rings (SSSR count). The van der Waals surface area contributed by atoms with Gasteiger partial charge in [0, 0.05) is 17.1 Å². The molecule has 16 heavy (non-hydrogen) atoms. The number of nitrogens with zero attached hydrogens (tertiary/aromatic N) is 2. The molecule has 0 atom stereocenters. The molecule has 5 heteroatoms. The van der Waals surface area contributed by atoms with Gasteiger partial charge in [0.2, 0.25) is 0 Å². The Hall–Kier alpha value is -0.950. The molecule has 0 heterocycles. The molecule has 0 saturated heterocycles. The van der Waals surface area contributed by atoms with E-state index in [1.165, 1.54) is 0 Å². The molecule has 0 saturated carbocycles. The molecule has 0 unspecified atom stereocenters. The van der Waals surface area contributed by atoms with Gasteiger partial charge in [0.25, 0.3) is 0 Å². The number of hydrogen-bond donors (Lipinski definition) is 0. The molecule has 0 N–H and O–H groups in total. The van der Waals surface area contributed by atoms with Crippen molar-refractivity contribution >= 4 is 23.2 Å². The van der Waals surface area contributed by atoms with Gasteiger partial charge in [0.1, 0.15) is 5.75 Å². The van der Waals surface area contributed by atoms with Crippen molar-refractivity contribution in [1.82, 2.24) is 4.90 Å². The lowest BCUT2D eigenvalue weighted by atomic mass is 10.2. The van der Waals surface area contributed by atoms with Crippen molar-refractivity contribution in [2.45, 2.75) is 6.54 Å². The molecule has 0 aromatic heterocycles. The molecule has 0 bridgehead atoms. The Bertz CT molecular complexity index is 415. The van der Waals surface area contributed by atoms with Crippen molar-refractivity contribution in [3.8, 4) is 11.8 Å². The lowest BCUT2D eigenvalue weighted by molar-refractivity contribution is 0.350. The fraction of sp³-hybridized carbons (Fsp3) is 0.364. The average molecular weight is 259 g/mol. The minimum atomic E-state index is 0.341. The minimum absolute atomic E-state index is 0.341. The zero-order valence-electron chi connectivity index (χ0n) is 9.13. The van der Waals surface area contributed by atoms with Crippen molar-refractivity contribution in [2.24, 2.45) is 0 Å². The van der Waals surface area contributed by atoms with Crippen LogP contribution >= 0.6 is 23.2 Å². The van der Waals surface area contributed by atoms with E-state index < -0.39 is 0 Å². The van der Waals surface area contributed by atoms with Gasteiger partial charge in [-0.25, -0.2) is 0 Å². The highest BCUT2D eigenvalue weighted by Gasteiger charge is 2.11. The first-order chi connectivity index (χ1) is 7.58. The predicted octanol–water partition coefficient (Wildman–Crippen LogP) is 2.96. The van der Waals surface area contributed by atoms with Gasteiger partial charge in [-0.2, -0.15) is 5.26 Å². The van der Waals surface area contributed by atoms with Crippen LogP contribution in [0.15, 0.2) is 12.1 Å². The molecule has 0 aliphatic heterocycles. The number of hydrogen-bond acceptors (Lipinski definition) is 3. The van der Waals surface area contributed by atoms with E-state index >= 15 is 0 Å². The van der Waals surface area contributed by atoms with E-state index in [1.807, 2.05) is 11.9 Å². The first-order valence-corrected chi connectivity index (χ1v) is 5.41. The summed E-state index contributed by atoms with van der Waals surface area (Å²) in [6.07, 6.45) is 0. The molecular weight excluding hydrogens is 247 g/mol. The van der Waals surface area contributed by atoms with Crippen LogP contribution in [0.2, 0.25) is 10.0 Å². The van der Waals surface area contributed by atoms with E-state index in [9.17, 15) is 0 Å². The fourth-order valence-corrected chi connectivity index (χ4v) is 2.04. The Labute approximate surface area is 105 Å². The van der Waals surface area contributed by atoms with Gasteiger partial charge < -0.3 is 4.74 Å². The van der Waals surface area contributed by atoms with E-state index in [0.29, 0.717) is 28.9 Å². The topological polar surface area (TPSA) is 36.3 Å². The van der Waals surface area contributed by atoms with Crippen LogP contribution in [0.3, 0.4) is 0 Å². The average Bonchev–Trinajstić information content (AvgIpc) is 2.17. The van der Waals surface area contributed by atoms with Crippen LogP contribution in [0.4, 0.5) is 0 Å². The maximum atomic E-state index is 8.58. The highest BCUT2D eigenvalue weighted by atomic mass is 35.5. The Morgan fingerprint density at radius 1 is 1.44 bits per heavy atom. The normalized spacial score (nSPS) is 10.2. The predicted molar refractivity (Wildman–Crippen MR) is 65.0 cm³/mol. The monoisotopic (exact) mass is 258 g/mol. The van der Waals surface area contributed by atoms with Gasteiger partial charge in [-0.15, -0.1) is 0 Å². The Morgan fingerprint density at radius 2 is 2.12 bits per heavy atom. The third kappa shape index (κ3) is 3.28. The van der Waals surface area contributed by atoms with Crippen molar-refractivity contribution in [2.75, 3.05) is 20.7 Å². The fourth-order valence-electron chi connectivity index (χ4n) is 1.43. The van der Waals surface area contributed by atoms with E-state index in [4.69, 9.17) is 33.2 Å². The van der Waals surface area contributed by atoms with Crippen LogP contribution in [-0.2, 0) is 6.54 Å². The summed E-state index contributed by atoms with van der Waals surface area (Å²) < 4.78 is 5.21. The molecule has 0 aliphatic carbocycles. The molecule has 1 aromatic rings. The molecule has 0 fully saturated rings. The van der Waals surface area contributed by atoms with E-state index in [1.54, 1.807) is 19.2 Å². The zero-order chi connectivity index (χ0) is 12.1. The number of rotatable bonds is 4. The Morgan fingerprint density at radius 3 is 2.69 bits per heavy atom. The second-order valence-corrected chi connectivity index (χ2v) is 4.25. The van der Waals surface area contributed by atoms with Crippen LogP contribution in [0, 0.1) is 11.3 Å².